The fourth-order valence-corrected chi connectivity index (χ4v) is 2.55. The van der Waals surface area contributed by atoms with Gasteiger partial charge >= 0.3 is 0 Å². The summed E-state index contributed by atoms with van der Waals surface area (Å²) in [5, 5.41) is 1.12. The largest absolute Gasteiger partial charge is 0.362 e. The first-order valence-electron chi connectivity index (χ1n) is 4.35. The van der Waals surface area contributed by atoms with Crippen LogP contribution in [0, 0.1) is 0 Å². The van der Waals surface area contributed by atoms with Crippen LogP contribution in [-0.2, 0) is 4.74 Å². The number of fused-ring (bicyclic) bond motifs is 1. The van der Waals surface area contributed by atoms with Crippen LogP contribution in [0.5, 0.6) is 0 Å². The van der Waals surface area contributed by atoms with Gasteiger partial charge in [0, 0.05) is 0 Å². The lowest BCUT2D eigenvalue weighted by molar-refractivity contribution is 0.383. The summed E-state index contributed by atoms with van der Waals surface area (Å²) < 4.78 is 6.63. The van der Waals surface area contributed by atoms with Crippen molar-refractivity contribution in [1.82, 2.24) is 4.98 Å². The zero-order valence-corrected chi connectivity index (χ0v) is 8.04. The van der Waals surface area contributed by atoms with Gasteiger partial charge in [-0.15, -0.1) is 11.3 Å². The summed E-state index contributed by atoms with van der Waals surface area (Å²) in [7, 11) is 0. The van der Waals surface area contributed by atoms with Crippen molar-refractivity contribution >= 4 is 21.6 Å². The molecule has 3 heteroatoms. The lowest BCUT2D eigenvalue weighted by atomic mass is 10.3. The zero-order valence-electron chi connectivity index (χ0n) is 7.23. The summed E-state index contributed by atoms with van der Waals surface area (Å²) in [5.74, 6) is 0. The second kappa shape index (κ2) is 2.53. The van der Waals surface area contributed by atoms with Crippen molar-refractivity contribution in [2.75, 3.05) is 0 Å². The maximum atomic E-state index is 5.38. The van der Waals surface area contributed by atoms with Crippen LogP contribution >= 0.6 is 11.3 Å². The Morgan fingerprint density at radius 2 is 2.15 bits per heavy atom. The smallest absolute Gasteiger partial charge is 0.135 e. The van der Waals surface area contributed by atoms with Gasteiger partial charge in [0.25, 0.3) is 0 Å². The van der Waals surface area contributed by atoms with Gasteiger partial charge in [-0.2, -0.15) is 0 Å². The number of hydrogen-bond donors (Lipinski definition) is 0. The van der Waals surface area contributed by atoms with Gasteiger partial charge < -0.3 is 4.74 Å². The van der Waals surface area contributed by atoms with Gasteiger partial charge in [-0.25, -0.2) is 4.98 Å². The highest BCUT2D eigenvalue weighted by molar-refractivity contribution is 7.18. The first kappa shape index (κ1) is 7.47. The molecule has 66 valence electrons. The third-order valence-electron chi connectivity index (χ3n) is 2.26. The van der Waals surface area contributed by atoms with Gasteiger partial charge in [0.2, 0.25) is 0 Å². The number of nitrogens with zero attached hydrogens (tertiary/aromatic N) is 1. The second-order valence-corrected chi connectivity index (χ2v) is 4.34. The molecule has 3 rings (SSSR count). The maximum absolute atomic E-state index is 5.38. The normalized spacial score (nSPS) is 26.5. The van der Waals surface area contributed by atoms with Crippen LogP contribution in [-0.4, -0.2) is 11.1 Å². The van der Waals surface area contributed by atoms with E-state index in [0.717, 1.165) is 10.5 Å². The molecule has 2 aromatic rings. The van der Waals surface area contributed by atoms with E-state index in [1.54, 1.807) is 11.3 Å². The number of thiazole rings is 1. The van der Waals surface area contributed by atoms with Crippen molar-refractivity contribution in [2.45, 2.75) is 19.1 Å². The highest BCUT2D eigenvalue weighted by Gasteiger charge is 2.38. The summed E-state index contributed by atoms with van der Waals surface area (Å²) >= 11 is 1.74. The molecule has 1 aliphatic rings. The first-order valence-corrected chi connectivity index (χ1v) is 5.17. The van der Waals surface area contributed by atoms with Crippen LogP contribution in [0.3, 0.4) is 0 Å². The standard InChI is InChI=1S/C10H9NOS/c1-6-9(12-6)10-11-7-4-2-3-5-8(7)13-10/h2-6,9H,1H3/t6-,9-/m1/s1. The van der Waals surface area contributed by atoms with Crippen LogP contribution in [0.25, 0.3) is 10.2 Å². The van der Waals surface area contributed by atoms with Gasteiger partial charge in [-0.3, -0.25) is 0 Å². The summed E-state index contributed by atoms with van der Waals surface area (Å²) in [4.78, 5) is 4.52. The van der Waals surface area contributed by atoms with E-state index < -0.39 is 0 Å². The molecule has 13 heavy (non-hydrogen) atoms. The highest BCUT2D eigenvalue weighted by Crippen LogP contribution is 2.41. The van der Waals surface area contributed by atoms with E-state index >= 15 is 0 Å². The Bertz CT molecular complexity index is 418. The molecule has 1 aliphatic heterocycles. The molecule has 0 aliphatic carbocycles. The van der Waals surface area contributed by atoms with Crippen molar-refractivity contribution in [3.63, 3.8) is 0 Å². The Kier molecular flexibility index (Phi) is 1.45. The third-order valence-corrected chi connectivity index (χ3v) is 3.36. The SMILES string of the molecule is C[C@H]1O[C@H]1c1nc2ccccc2s1. The molecule has 0 spiro atoms. The Balaban J connectivity index is 2.12. The third kappa shape index (κ3) is 1.16. The molecule has 1 fully saturated rings. The van der Waals surface area contributed by atoms with E-state index in [9.17, 15) is 0 Å². The second-order valence-electron chi connectivity index (χ2n) is 3.28. The van der Waals surface area contributed by atoms with Crippen LogP contribution in [0.15, 0.2) is 24.3 Å². The fourth-order valence-electron chi connectivity index (χ4n) is 1.46. The molecule has 0 amide bonds. The number of epoxide rings is 1. The van der Waals surface area contributed by atoms with E-state index in [-0.39, 0.29) is 6.10 Å². The fraction of sp³-hybridized carbons (Fsp3) is 0.300. The summed E-state index contributed by atoms with van der Waals surface area (Å²) in [6.07, 6.45) is 0.623. The Hall–Kier alpha value is -0.930. The molecule has 0 bridgehead atoms. The molecule has 1 aromatic heterocycles. The van der Waals surface area contributed by atoms with Crippen molar-refractivity contribution in [3.05, 3.63) is 29.3 Å². The predicted molar refractivity (Wildman–Crippen MR) is 52.9 cm³/mol. The molecule has 0 unspecified atom stereocenters. The minimum absolute atomic E-state index is 0.261. The molecular formula is C10H9NOS. The van der Waals surface area contributed by atoms with Crippen molar-refractivity contribution in [2.24, 2.45) is 0 Å². The van der Waals surface area contributed by atoms with Gasteiger partial charge in [-0.1, -0.05) is 12.1 Å². The van der Waals surface area contributed by atoms with Crippen LogP contribution in [0.1, 0.15) is 18.0 Å². The Morgan fingerprint density at radius 3 is 2.85 bits per heavy atom. The Morgan fingerprint density at radius 1 is 1.38 bits per heavy atom. The van der Waals surface area contributed by atoms with E-state index in [2.05, 4.69) is 18.0 Å². The average molecular weight is 191 g/mol. The molecule has 1 aromatic carbocycles. The van der Waals surface area contributed by atoms with Gasteiger partial charge in [-0.05, 0) is 19.1 Å². The summed E-state index contributed by atoms with van der Waals surface area (Å²) in [6.45, 7) is 2.08. The minimum atomic E-state index is 0.261. The first-order chi connectivity index (χ1) is 6.34. The molecule has 2 nitrogen and oxygen atoms in total. The summed E-state index contributed by atoms with van der Waals surface area (Å²) in [6, 6.07) is 8.20. The van der Waals surface area contributed by atoms with Crippen molar-refractivity contribution in [1.29, 1.82) is 0 Å². The predicted octanol–water partition coefficient (Wildman–Crippen LogP) is 2.76. The lowest BCUT2D eigenvalue weighted by Crippen LogP contribution is -1.79. The average Bonchev–Trinajstić information content (AvgIpc) is 2.74. The molecule has 0 N–H and O–H groups in total. The molecule has 2 atom stereocenters. The molecule has 0 saturated carbocycles. The highest BCUT2D eigenvalue weighted by atomic mass is 32.1. The van der Waals surface area contributed by atoms with Crippen molar-refractivity contribution in [3.8, 4) is 0 Å². The minimum Gasteiger partial charge on any atom is -0.362 e. The molecule has 0 radical (unpaired) electrons. The quantitative estimate of drug-likeness (QED) is 0.648. The monoisotopic (exact) mass is 191 g/mol. The van der Waals surface area contributed by atoms with E-state index in [1.807, 2.05) is 18.2 Å². The van der Waals surface area contributed by atoms with Crippen LogP contribution in [0.2, 0.25) is 0 Å². The number of para-hydroxylation sites is 1. The zero-order chi connectivity index (χ0) is 8.84. The van der Waals surface area contributed by atoms with Gasteiger partial charge in [0.15, 0.2) is 0 Å². The maximum Gasteiger partial charge on any atom is 0.135 e. The molecule has 1 saturated heterocycles. The van der Waals surface area contributed by atoms with E-state index in [0.29, 0.717) is 6.10 Å². The number of hydrogen-bond acceptors (Lipinski definition) is 3. The summed E-state index contributed by atoms with van der Waals surface area (Å²) in [5.41, 5.74) is 1.09. The van der Waals surface area contributed by atoms with Crippen LogP contribution < -0.4 is 0 Å². The number of rotatable bonds is 1. The number of benzene rings is 1. The van der Waals surface area contributed by atoms with E-state index in [4.69, 9.17) is 4.74 Å². The van der Waals surface area contributed by atoms with Crippen molar-refractivity contribution < 1.29 is 4.74 Å². The lowest BCUT2D eigenvalue weighted by Gasteiger charge is -1.81. The molecular weight excluding hydrogens is 182 g/mol. The van der Waals surface area contributed by atoms with Gasteiger partial charge in [0.05, 0.1) is 16.3 Å². The van der Waals surface area contributed by atoms with E-state index in [1.165, 1.54) is 4.70 Å². The Labute approximate surface area is 80.2 Å². The van der Waals surface area contributed by atoms with Crippen LogP contribution in [0.4, 0.5) is 0 Å². The number of aromatic nitrogens is 1. The number of ether oxygens (including phenoxy) is 1. The topological polar surface area (TPSA) is 25.4 Å². The van der Waals surface area contributed by atoms with Gasteiger partial charge in [0.1, 0.15) is 11.1 Å². The molecule has 2 heterocycles.